The summed E-state index contributed by atoms with van der Waals surface area (Å²) in [5.41, 5.74) is 5.73. The fraction of sp³-hybridized carbons (Fsp3) is 0.889. The van der Waals surface area contributed by atoms with Gasteiger partial charge in [-0.25, -0.2) is 0 Å². The Morgan fingerprint density at radius 3 is 2.58 bits per heavy atom. The van der Waals surface area contributed by atoms with E-state index in [9.17, 15) is 4.79 Å². The van der Waals surface area contributed by atoms with Crippen molar-refractivity contribution in [2.24, 2.45) is 11.7 Å². The largest absolute Gasteiger partial charge is 0.353 e. The molecule has 1 rings (SSSR count). The van der Waals surface area contributed by atoms with Gasteiger partial charge in [0, 0.05) is 18.0 Å². The number of nitrogens with one attached hydrogen (secondary N) is 1. The Morgan fingerprint density at radius 1 is 1.50 bits per heavy atom. The number of hydrogen-bond acceptors (Lipinski definition) is 2. The molecule has 0 aliphatic heterocycles. The SMILES string of the molecule is CC(C)C(=O)NC1CCC(N)C1. The van der Waals surface area contributed by atoms with Crippen LogP contribution in [0.15, 0.2) is 0 Å². The summed E-state index contributed by atoms with van der Waals surface area (Å²) in [5, 5.41) is 2.99. The summed E-state index contributed by atoms with van der Waals surface area (Å²) in [5.74, 6) is 0.232. The predicted octanol–water partition coefficient (Wildman–Crippen LogP) is 0.638. The zero-order chi connectivity index (χ0) is 9.14. The molecule has 1 fully saturated rings. The average Bonchev–Trinajstić information content (AvgIpc) is 2.35. The first-order valence-electron chi connectivity index (χ1n) is 4.65. The summed E-state index contributed by atoms with van der Waals surface area (Å²) in [6.07, 6.45) is 3.03. The molecule has 1 aliphatic carbocycles. The summed E-state index contributed by atoms with van der Waals surface area (Å²) in [7, 11) is 0. The summed E-state index contributed by atoms with van der Waals surface area (Å²) in [6, 6.07) is 0.623. The lowest BCUT2D eigenvalue weighted by Crippen LogP contribution is -2.36. The van der Waals surface area contributed by atoms with E-state index in [-0.39, 0.29) is 11.8 Å². The number of nitrogens with two attached hydrogens (primary N) is 1. The van der Waals surface area contributed by atoms with Crippen molar-refractivity contribution in [2.75, 3.05) is 0 Å². The standard InChI is InChI=1S/C9H18N2O/c1-6(2)9(12)11-8-4-3-7(10)5-8/h6-8H,3-5,10H2,1-2H3,(H,11,12). The van der Waals surface area contributed by atoms with E-state index in [0.29, 0.717) is 12.1 Å². The molecule has 0 radical (unpaired) electrons. The Bertz CT molecular complexity index is 168. The summed E-state index contributed by atoms with van der Waals surface area (Å²) < 4.78 is 0. The third kappa shape index (κ3) is 2.48. The molecule has 0 aromatic heterocycles. The highest BCUT2D eigenvalue weighted by Crippen LogP contribution is 2.17. The van der Waals surface area contributed by atoms with Crippen molar-refractivity contribution >= 4 is 5.91 Å². The molecule has 0 saturated heterocycles. The first kappa shape index (κ1) is 9.52. The van der Waals surface area contributed by atoms with Gasteiger partial charge in [-0.05, 0) is 19.3 Å². The van der Waals surface area contributed by atoms with Gasteiger partial charge in [0.1, 0.15) is 0 Å². The normalized spacial score (nSPS) is 29.3. The molecule has 3 N–H and O–H groups in total. The zero-order valence-corrected chi connectivity index (χ0v) is 7.84. The summed E-state index contributed by atoms with van der Waals surface area (Å²) >= 11 is 0. The molecule has 0 bridgehead atoms. The highest BCUT2D eigenvalue weighted by atomic mass is 16.1. The topological polar surface area (TPSA) is 55.1 Å². The first-order chi connectivity index (χ1) is 5.59. The Hall–Kier alpha value is -0.570. The van der Waals surface area contributed by atoms with Crippen molar-refractivity contribution in [2.45, 2.75) is 45.2 Å². The van der Waals surface area contributed by atoms with Crippen LogP contribution >= 0.6 is 0 Å². The second-order valence-electron chi connectivity index (χ2n) is 3.93. The molecule has 0 spiro atoms. The van der Waals surface area contributed by atoms with Gasteiger partial charge in [0.25, 0.3) is 0 Å². The van der Waals surface area contributed by atoms with Crippen LogP contribution in [0.4, 0.5) is 0 Å². The molecular formula is C9H18N2O. The van der Waals surface area contributed by atoms with E-state index < -0.39 is 0 Å². The number of carbonyl (C=O) groups is 1. The van der Waals surface area contributed by atoms with E-state index >= 15 is 0 Å². The van der Waals surface area contributed by atoms with Gasteiger partial charge < -0.3 is 11.1 Å². The predicted molar refractivity (Wildman–Crippen MR) is 48.6 cm³/mol. The zero-order valence-electron chi connectivity index (χ0n) is 7.84. The molecule has 2 atom stereocenters. The quantitative estimate of drug-likeness (QED) is 0.639. The minimum Gasteiger partial charge on any atom is -0.353 e. The molecule has 1 aliphatic rings. The lowest BCUT2D eigenvalue weighted by Gasteiger charge is -2.13. The third-order valence-electron chi connectivity index (χ3n) is 2.34. The van der Waals surface area contributed by atoms with Crippen LogP contribution in [0.25, 0.3) is 0 Å². The Kier molecular flexibility index (Phi) is 3.09. The maximum atomic E-state index is 11.3. The van der Waals surface area contributed by atoms with E-state index in [2.05, 4.69) is 5.32 Å². The smallest absolute Gasteiger partial charge is 0.222 e. The van der Waals surface area contributed by atoms with Crippen molar-refractivity contribution in [3.05, 3.63) is 0 Å². The third-order valence-corrected chi connectivity index (χ3v) is 2.34. The van der Waals surface area contributed by atoms with Gasteiger partial charge in [0.05, 0.1) is 0 Å². The van der Waals surface area contributed by atoms with Gasteiger partial charge in [0.15, 0.2) is 0 Å². The van der Waals surface area contributed by atoms with Gasteiger partial charge in [-0.3, -0.25) is 4.79 Å². The van der Waals surface area contributed by atoms with Crippen molar-refractivity contribution in [3.8, 4) is 0 Å². The van der Waals surface area contributed by atoms with Crippen LogP contribution in [0.1, 0.15) is 33.1 Å². The van der Waals surface area contributed by atoms with Crippen LogP contribution in [-0.4, -0.2) is 18.0 Å². The second kappa shape index (κ2) is 3.90. The fourth-order valence-electron chi connectivity index (χ4n) is 1.52. The first-order valence-corrected chi connectivity index (χ1v) is 4.65. The molecule has 0 heterocycles. The molecular weight excluding hydrogens is 152 g/mol. The van der Waals surface area contributed by atoms with Crippen LogP contribution in [-0.2, 0) is 4.79 Å². The van der Waals surface area contributed by atoms with Gasteiger partial charge >= 0.3 is 0 Å². The molecule has 70 valence electrons. The number of amides is 1. The van der Waals surface area contributed by atoms with Crippen molar-refractivity contribution in [1.29, 1.82) is 0 Å². The molecule has 0 aromatic carbocycles. The molecule has 3 heteroatoms. The number of carbonyl (C=O) groups excluding carboxylic acids is 1. The highest BCUT2D eigenvalue weighted by Gasteiger charge is 2.23. The number of hydrogen-bond donors (Lipinski definition) is 2. The van der Waals surface area contributed by atoms with Gasteiger partial charge in [-0.2, -0.15) is 0 Å². The van der Waals surface area contributed by atoms with E-state index in [1.54, 1.807) is 0 Å². The van der Waals surface area contributed by atoms with Crippen molar-refractivity contribution < 1.29 is 4.79 Å². The fourth-order valence-corrected chi connectivity index (χ4v) is 1.52. The molecule has 0 aromatic rings. The van der Waals surface area contributed by atoms with Crippen LogP contribution in [0.2, 0.25) is 0 Å². The minimum absolute atomic E-state index is 0.0850. The van der Waals surface area contributed by atoms with Gasteiger partial charge in [-0.1, -0.05) is 13.8 Å². The summed E-state index contributed by atoms with van der Waals surface area (Å²) in [4.78, 5) is 11.3. The van der Waals surface area contributed by atoms with Crippen LogP contribution in [0, 0.1) is 5.92 Å². The lowest BCUT2D eigenvalue weighted by atomic mass is 10.1. The van der Waals surface area contributed by atoms with Crippen molar-refractivity contribution in [1.82, 2.24) is 5.32 Å². The van der Waals surface area contributed by atoms with Gasteiger partial charge in [-0.15, -0.1) is 0 Å². The molecule has 3 nitrogen and oxygen atoms in total. The highest BCUT2D eigenvalue weighted by molar-refractivity contribution is 5.78. The summed E-state index contributed by atoms with van der Waals surface area (Å²) in [6.45, 7) is 3.81. The van der Waals surface area contributed by atoms with Crippen LogP contribution < -0.4 is 11.1 Å². The Morgan fingerprint density at radius 2 is 2.17 bits per heavy atom. The molecule has 12 heavy (non-hydrogen) atoms. The van der Waals surface area contributed by atoms with Crippen molar-refractivity contribution in [3.63, 3.8) is 0 Å². The van der Waals surface area contributed by atoms with E-state index in [1.807, 2.05) is 13.8 Å². The maximum Gasteiger partial charge on any atom is 0.222 e. The average molecular weight is 170 g/mol. The second-order valence-corrected chi connectivity index (χ2v) is 3.93. The lowest BCUT2D eigenvalue weighted by molar-refractivity contribution is -0.124. The Balaban J connectivity index is 2.28. The Labute approximate surface area is 73.7 Å². The van der Waals surface area contributed by atoms with Gasteiger partial charge in [0.2, 0.25) is 5.91 Å². The minimum atomic E-state index is 0.0850. The maximum absolute atomic E-state index is 11.3. The number of rotatable bonds is 2. The molecule has 2 unspecified atom stereocenters. The molecule has 1 saturated carbocycles. The van der Waals surface area contributed by atoms with Crippen LogP contribution in [0.3, 0.4) is 0 Å². The van der Waals surface area contributed by atoms with E-state index in [1.165, 1.54) is 0 Å². The monoisotopic (exact) mass is 170 g/mol. The molecule has 1 amide bonds. The van der Waals surface area contributed by atoms with Crippen LogP contribution in [0.5, 0.6) is 0 Å². The van der Waals surface area contributed by atoms with E-state index in [4.69, 9.17) is 5.73 Å². The van der Waals surface area contributed by atoms with E-state index in [0.717, 1.165) is 19.3 Å².